The summed E-state index contributed by atoms with van der Waals surface area (Å²) in [5.74, 6) is -1.74. The van der Waals surface area contributed by atoms with Crippen molar-refractivity contribution in [3.8, 4) is 0 Å². The average molecular weight is 269 g/mol. The molecule has 0 saturated heterocycles. The number of carboxylic acid groups (broad SMARTS) is 1. The standard InChI is InChI=1S/C10H14F3NO4/c11-10(12,13)5-18-9(17)14-4-6-2-1-3-7(6)8(15)16/h6-7H,1-5H2,(H,14,17)(H,15,16). The maximum atomic E-state index is 11.7. The molecule has 8 heteroatoms. The van der Waals surface area contributed by atoms with Crippen molar-refractivity contribution >= 4 is 12.1 Å². The van der Waals surface area contributed by atoms with E-state index in [1.807, 2.05) is 0 Å². The molecule has 104 valence electrons. The number of halogens is 3. The number of amides is 1. The molecule has 0 aromatic rings. The smallest absolute Gasteiger partial charge is 0.422 e. The molecular formula is C10H14F3NO4. The number of carbonyl (C=O) groups excluding carboxylic acids is 1. The molecule has 1 rings (SSSR count). The minimum absolute atomic E-state index is 0.0215. The van der Waals surface area contributed by atoms with E-state index in [4.69, 9.17) is 5.11 Å². The van der Waals surface area contributed by atoms with Crippen molar-refractivity contribution < 1.29 is 32.6 Å². The maximum absolute atomic E-state index is 11.7. The zero-order valence-electron chi connectivity index (χ0n) is 9.50. The highest BCUT2D eigenvalue weighted by Gasteiger charge is 2.33. The summed E-state index contributed by atoms with van der Waals surface area (Å²) in [4.78, 5) is 21.8. The molecule has 2 atom stereocenters. The van der Waals surface area contributed by atoms with Crippen molar-refractivity contribution in [2.45, 2.75) is 25.4 Å². The van der Waals surface area contributed by atoms with Gasteiger partial charge in [-0.05, 0) is 18.8 Å². The van der Waals surface area contributed by atoms with Crippen LogP contribution in [0.5, 0.6) is 0 Å². The van der Waals surface area contributed by atoms with Crippen LogP contribution in [0, 0.1) is 11.8 Å². The second kappa shape index (κ2) is 5.92. The van der Waals surface area contributed by atoms with Gasteiger partial charge >= 0.3 is 18.2 Å². The first-order valence-electron chi connectivity index (χ1n) is 5.50. The first-order chi connectivity index (χ1) is 8.29. The Morgan fingerprint density at radius 1 is 1.33 bits per heavy atom. The number of carboxylic acids is 1. The highest BCUT2D eigenvalue weighted by atomic mass is 19.4. The fourth-order valence-corrected chi connectivity index (χ4v) is 2.02. The quantitative estimate of drug-likeness (QED) is 0.815. The highest BCUT2D eigenvalue weighted by molar-refractivity contribution is 5.71. The monoisotopic (exact) mass is 269 g/mol. The molecule has 0 radical (unpaired) electrons. The molecule has 1 aliphatic carbocycles. The summed E-state index contributed by atoms with van der Waals surface area (Å²) < 4.78 is 39.2. The van der Waals surface area contributed by atoms with Gasteiger partial charge in [-0.2, -0.15) is 13.2 Å². The molecule has 2 unspecified atom stereocenters. The summed E-state index contributed by atoms with van der Waals surface area (Å²) in [5.41, 5.74) is 0. The van der Waals surface area contributed by atoms with Crippen molar-refractivity contribution in [1.29, 1.82) is 0 Å². The molecule has 1 saturated carbocycles. The number of aliphatic carboxylic acids is 1. The fourth-order valence-electron chi connectivity index (χ4n) is 2.02. The second-order valence-corrected chi connectivity index (χ2v) is 4.21. The normalized spacial score (nSPS) is 23.7. The Labute approximate surface area is 101 Å². The van der Waals surface area contributed by atoms with Gasteiger partial charge < -0.3 is 15.2 Å². The molecule has 0 aliphatic heterocycles. The van der Waals surface area contributed by atoms with E-state index in [-0.39, 0.29) is 12.5 Å². The molecule has 1 aliphatic rings. The van der Waals surface area contributed by atoms with E-state index in [0.717, 1.165) is 6.42 Å². The van der Waals surface area contributed by atoms with Gasteiger partial charge in [0, 0.05) is 6.54 Å². The van der Waals surface area contributed by atoms with Gasteiger partial charge in [0.2, 0.25) is 0 Å². The summed E-state index contributed by atoms with van der Waals surface area (Å²) in [5, 5.41) is 11.0. The van der Waals surface area contributed by atoms with Crippen LogP contribution >= 0.6 is 0 Å². The molecule has 5 nitrogen and oxygen atoms in total. The number of carbonyl (C=O) groups is 2. The van der Waals surface area contributed by atoms with Crippen LogP contribution in [0.2, 0.25) is 0 Å². The van der Waals surface area contributed by atoms with Gasteiger partial charge in [0.15, 0.2) is 6.61 Å². The number of hydrogen-bond donors (Lipinski definition) is 2. The fraction of sp³-hybridized carbons (Fsp3) is 0.800. The molecule has 0 heterocycles. The molecule has 0 aromatic heterocycles. The lowest BCUT2D eigenvalue weighted by molar-refractivity contribution is -0.160. The summed E-state index contributed by atoms with van der Waals surface area (Å²) in [6, 6.07) is 0. The Balaban J connectivity index is 2.28. The Hall–Kier alpha value is -1.47. The molecule has 0 spiro atoms. The van der Waals surface area contributed by atoms with Crippen LogP contribution in [0.25, 0.3) is 0 Å². The van der Waals surface area contributed by atoms with Crippen LogP contribution in [0.1, 0.15) is 19.3 Å². The molecule has 1 amide bonds. The van der Waals surface area contributed by atoms with E-state index >= 15 is 0 Å². The summed E-state index contributed by atoms with van der Waals surface area (Å²) in [6.45, 7) is -1.63. The third kappa shape index (κ3) is 4.80. The van der Waals surface area contributed by atoms with Crippen molar-refractivity contribution in [2.24, 2.45) is 11.8 Å². The highest BCUT2D eigenvalue weighted by Crippen LogP contribution is 2.31. The van der Waals surface area contributed by atoms with Crippen LogP contribution in [-0.4, -0.2) is 36.5 Å². The van der Waals surface area contributed by atoms with E-state index < -0.39 is 30.8 Å². The Bertz CT molecular complexity index is 319. The molecule has 1 fully saturated rings. The maximum Gasteiger partial charge on any atom is 0.422 e. The Morgan fingerprint density at radius 3 is 2.56 bits per heavy atom. The van der Waals surface area contributed by atoms with Gasteiger partial charge in [0.25, 0.3) is 0 Å². The number of rotatable bonds is 4. The summed E-state index contributed by atoms with van der Waals surface area (Å²) in [7, 11) is 0. The Morgan fingerprint density at radius 2 is 2.00 bits per heavy atom. The largest absolute Gasteiger partial charge is 0.481 e. The zero-order valence-corrected chi connectivity index (χ0v) is 9.50. The van der Waals surface area contributed by atoms with E-state index in [1.165, 1.54) is 0 Å². The topological polar surface area (TPSA) is 75.6 Å². The van der Waals surface area contributed by atoms with E-state index in [0.29, 0.717) is 12.8 Å². The van der Waals surface area contributed by atoms with E-state index in [9.17, 15) is 22.8 Å². The zero-order chi connectivity index (χ0) is 13.8. The minimum atomic E-state index is -4.56. The van der Waals surface area contributed by atoms with Gasteiger partial charge in [0.05, 0.1) is 5.92 Å². The number of alkyl halides is 3. The van der Waals surface area contributed by atoms with Crippen LogP contribution in [0.15, 0.2) is 0 Å². The third-order valence-corrected chi connectivity index (χ3v) is 2.85. The first-order valence-corrected chi connectivity index (χ1v) is 5.50. The third-order valence-electron chi connectivity index (χ3n) is 2.85. The molecule has 0 aromatic carbocycles. The van der Waals surface area contributed by atoms with Crippen molar-refractivity contribution in [3.63, 3.8) is 0 Å². The van der Waals surface area contributed by atoms with Crippen molar-refractivity contribution in [3.05, 3.63) is 0 Å². The van der Waals surface area contributed by atoms with Crippen molar-refractivity contribution in [2.75, 3.05) is 13.2 Å². The summed E-state index contributed by atoms with van der Waals surface area (Å²) >= 11 is 0. The van der Waals surface area contributed by atoms with Crippen LogP contribution in [-0.2, 0) is 9.53 Å². The van der Waals surface area contributed by atoms with E-state index in [2.05, 4.69) is 10.1 Å². The first kappa shape index (κ1) is 14.6. The molecular weight excluding hydrogens is 255 g/mol. The van der Waals surface area contributed by atoms with Crippen LogP contribution in [0.3, 0.4) is 0 Å². The van der Waals surface area contributed by atoms with Gasteiger partial charge in [-0.3, -0.25) is 4.79 Å². The predicted octanol–water partition coefficient (Wildman–Crippen LogP) is 1.78. The Kier molecular flexibility index (Phi) is 4.80. The lowest BCUT2D eigenvalue weighted by Gasteiger charge is -2.16. The number of nitrogens with one attached hydrogen (secondary N) is 1. The van der Waals surface area contributed by atoms with Crippen LogP contribution in [0.4, 0.5) is 18.0 Å². The molecule has 0 bridgehead atoms. The minimum Gasteiger partial charge on any atom is -0.481 e. The molecule has 18 heavy (non-hydrogen) atoms. The van der Waals surface area contributed by atoms with Crippen molar-refractivity contribution in [1.82, 2.24) is 5.32 Å². The van der Waals surface area contributed by atoms with Crippen LogP contribution < -0.4 is 5.32 Å². The summed E-state index contributed by atoms with van der Waals surface area (Å²) in [6.07, 6.45) is -3.84. The van der Waals surface area contributed by atoms with Gasteiger partial charge in [0.1, 0.15) is 0 Å². The SMILES string of the molecule is O=C(NCC1CCCC1C(=O)O)OCC(F)(F)F. The predicted molar refractivity (Wildman–Crippen MR) is 53.9 cm³/mol. The lowest BCUT2D eigenvalue weighted by Crippen LogP contribution is -2.35. The average Bonchev–Trinajstić information content (AvgIpc) is 2.70. The number of ether oxygens (including phenoxy) is 1. The number of alkyl carbamates (subject to hydrolysis) is 1. The number of hydrogen-bond acceptors (Lipinski definition) is 3. The molecule has 2 N–H and O–H groups in total. The second-order valence-electron chi connectivity index (χ2n) is 4.21. The van der Waals surface area contributed by atoms with Gasteiger partial charge in [-0.25, -0.2) is 4.79 Å². The van der Waals surface area contributed by atoms with Gasteiger partial charge in [-0.15, -0.1) is 0 Å². The van der Waals surface area contributed by atoms with Gasteiger partial charge in [-0.1, -0.05) is 6.42 Å². The van der Waals surface area contributed by atoms with E-state index in [1.54, 1.807) is 0 Å². The lowest BCUT2D eigenvalue weighted by atomic mass is 9.96.